The molecule has 4 nitrogen and oxygen atoms in total. The third-order valence-corrected chi connectivity index (χ3v) is 2.66. The predicted octanol–water partition coefficient (Wildman–Crippen LogP) is 2.06. The smallest absolute Gasteiger partial charge is 0.145 e. The van der Waals surface area contributed by atoms with Gasteiger partial charge in [0.1, 0.15) is 11.6 Å². The number of benzene rings is 1. The average molecular weight is 222 g/mol. The summed E-state index contributed by atoms with van der Waals surface area (Å²) in [6.07, 6.45) is 0. The van der Waals surface area contributed by atoms with Gasteiger partial charge in [0.2, 0.25) is 0 Å². The molecule has 16 heavy (non-hydrogen) atoms. The van der Waals surface area contributed by atoms with E-state index in [9.17, 15) is 0 Å². The fraction of sp³-hybridized carbons (Fsp3) is 0.417. The first-order valence-corrected chi connectivity index (χ1v) is 5.22. The van der Waals surface area contributed by atoms with E-state index in [0.29, 0.717) is 6.61 Å². The summed E-state index contributed by atoms with van der Waals surface area (Å²) >= 11 is 0. The number of rotatable bonds is 4. The van der Waals surface area contributed by atoms with Gasteiger partial charge in [0.15, 0.2) is 0 Å². The fourth-order valence-corrected chi connectivity index (χ4v) is 1.28. The largest absolute Gasteiger partial charge is 0.493 e. The monoisotopic (exact) mass is 222 g/mol. The molecule has 1 aromatic rings. The van der Waals surface area contributed by atoms with Gasteiger partial charge in [0.25, 0.3) is 0 Å². The Bertz CT molecular complexity index is 389. The van der Waals surface area contributed by atoms with Crippen LogP contribution < -0.4 is 10.5 Å². The third-order valence-electron chi connectivity index (χ3n) is 2.66. The fourth-order valence-electron chi connectivity index (χ4n) is 1.28. The highest BCUT2D eigenvalue weighted by atomic mass is 16.5. The van der Waals surface area contributed by atoms with Crippen molar-refractivity contribution in [3.63, 3.8) is 0 Å². The number of ether oxygens (including phenoxy) is 1. The molecule has 1 aromatic carbocycles. The van der Waals surface area contributed by atoms with Crippen molar-refractivity contribution in [1.82, 2.24) is 0 Å². The zero-order chi connectivity index (χ0) is 12.1. The van der Waals surface area contributed by atoms with Crippen molar-refractivity contribution in [2.75, 3.05) is 6.61 Å². The van der Waals surface area contributed by atoms with Crippen LogP contribution in [0.5, 0.6) is 5.75 Å². The molecular weight excluding hydrogens is 204 g/mol. The molecule has 0 aliphatic rings. The summed E-state index contributed by atoms with van der Waals surface area (Å²) in [5, 5.41) is 11.5. The van der Waals surface area contributed by atoms with E-state index in [0.717, 1.165) is 11.3 Å². The molecule has 3 N–H and O–H groups in total. The highest BCUT2D eigenvalue weighted by Gasteiger charge is 2.09. The first-order valence-electron chi connectivity index (χ1n) is 5.22. The van der Waals surface area contributed by atoms with Gasteiger partial charge in [0.05, 0.1) is 12.5 Å². The maximum Gasteiger partial charge on any atom is 0.145 e. The predicted molar refractivity (Wildman–Crippen MR) is 64.0 cm³/mol. The first kappa shape index (κ1) is 12.4. The summed E-state index contributed by atoms with van der Waals surface area (Å²) in [4.78, 5) is 0. The molecule has 88 valence electrons. The topological polar surface area (TPSA) is 67.8 Å². The lowest BCUT2D eigenvalue weighted by Crippen LogP contribution is -2.26. The zero-order valence-electron chi connectivity index (χ0n) is 9.90. The minimum atomic E-state index is -0.107. The molecule has 1 rings (SSSR count). The molecule has 0 radical (unpaired) electrons. The second-order valence-corrected chi connectivity index (χ2v) is 3.93. The third kappa shape index (κ3) is 2.89. The van der Waals surface area contributed by atoms with E-state index in [4.69, 9.17) is 15.7 Å². The Labute approximate surface area is 95.7 Å². The van der Waals surface area contributed by atoms with E-state index < -0.39 is 0 Å². The van der Waals surface area contributed by atoms with Crippen molar-refractivity contribution in [2.24, 2.45) is 16.8 Å². The quantitative estimate of drug-likeness (QED) is 0.354. The van der Waals surface area contributed by atoms with E-state index in [1.807, 2.05) is 39.0 Å². The van der Waals surface area contributed by atoms with Crippen molar-refractivity contribution in [2.45, 2.75) is 20.8 Å². The summed E-state index contributed by atoms with van der Waals surface area (Å²) < 4.78 is 5.63. The lowest BCUT2D eigenvalue weighted by Gasteiger charge is -2.14. The SMILES string of the molecule is Cc1cccc(OCC(C)/C(N)=N/O)c1C. The van der Waals surface area contributed by atoms with Crippen LogP contribution in [0.2, 0.25) is 0 Å². The van der Waals surface area contributed by atoms with Crippen LogP contribution >= 0.6 is 0 Å². The Morgan fingerprint density at radius 1 is 1.50 bits per heavy atom. The minimum Gasteiger partial charge on any atom is -0.493 e. The highest BCUT2D eigenvalue weighted by molar-refractivity contribution is 5.81. The standard InChI is InChI=1S/C12H18N2O2/c1-8-5-4-6-11(10(8)3)16-7-9(2)12(13)14-15/h4-6,9,15H,7H2,1-3H3,(H2,13,14). The van der Waals surface area contributed by atoms with Gasteiger partial charge < -0.3 is 15.7 Å². The lowest BCUT2D eigenvalue weighted by molar-refractivity contribution is 0.277. The van der Waals surface area contributed by atoms with E-state index in [2.05, 4.69) is 5.16 Å². The maximum atomic E-state index is 8.51. The van der Waals surface area contributed by atoms with Gasteiger partial charge in [-0.05, 0) is 31.0 Å². The van der Waals surface area contributed by atoms with Crippen molar-refractivity contribution in [3.8, 4) is 5.75 Å². The summed E-state index contributed by atoms with van der Waals surface area (Å²) in [7, 11) is 0. The number of hydrogen-bond donors (Lipinski definition) is 2. The van der Waals surface area contributed by atoms with E-state index in [-0.39, 0.29) is 11.8 Å². The molecular formula is C12H18N2O2. The normalized spacial score (nSPS) is 13.6. The van der Waals surface area contributed by atoms with Gasteiger partial charge in [-0.15, -0.1) is 0 Å². The minimum absolute atomic E-state index is 0.107. The van der Waals surface area contributed by atoms with Gasteiger partial charge in [-0.25, -0.2) is 0 Å². The van der Waals surface area contributed by atoms with E-state index in [1.54, 1.807) is 0 Å². The second kappa shape index (κ2) is 5.39. The van der Waals surface area contributed by atoms with Gasteiger partial charge >= 0.3 is 0 Å². The number of hydrogen-bond acceptors (Lipinski definition) is 3. The molecule has 1 atom stereocenters. The van der Waals surface area contributed by atoms with Crippen LogP contribution in [0.4, 0.5) is 0 Å². The van der Waals surface area contributed by atoms with Gasteiger partial charge in [-0.2, -0.15) is 0 Å². The van der Waals surface area contributed by atoms with Crippen LogP contribution in [0.1, 0.15) is 18.1 Å². The van der Waals surface area contributed by atoms with Crippen molar-refractivity contribution < 1.29 is 9.94 Å². The Morgan fingerprint density at radius 2 is 2.19 bits per heavy atom. The van der Waals surface area contributed by atoms with Crippen molar-refractivity contribution >= 4 is 5.84 Å². The van der Waals surface area contributed by atoms with Crippen LogP contribution in [-0.4, -0.2) is 17.6 Å². The molecule has 1 unspecified atom stereocenters. The Morgan fingerprint density at radius 3 is 2.81 bits per heavy atom. The van der Waals surface area contributed by atoms with Crippen LogP contribution in [-0.2, 0) is 0 Å². The molecule has 0 saturated carbocycles. The molecule has 0 fully saturated rings. The zero-order valence-corrected chi connectivity index (χ0v) is 9.90. The highest BCUT2D eigenvalue weighted by Crippen LogP contribution is 2.21. The molecule has 4 heteroatoms. The second-order valence-electron chi connectivity index (χ2n) is 3.93. The molecule has 0 heterocycles. The summed E-state index contributed by atoms with van der Waals surface area (Å²) in [6.45, 7) is 6.30. The van der Waals surface area contributed by atoms with Crippen LogP contribution in [0, 0.1) is 19.8 Å². The molecule has 0 aromatic heterocycles. The molecule has 0 bridgehead atoms. The molecule has 0 amide bonds. The van der Waals surface area contributed by atoms with Gasteiger partial charge in [0, 0.05) is 0 Å². The Hall–Kier alpha value is -1.71. The van der Waals surface area contributed by atoms with Gasteiger partial charge in [-0.3, -0.25) is 0 Å². The molecule has 0 aliphatic heterocycles. The average Bonchev–Trinajstić information content (AvgIpc) is 2.29. The number of nitrogens with two attached hydrogens (primary N) is 1. The summed E-state index contributed by atoms with van der Waals surface area (Å²) in [6, 6.07) is 5.91. The van der Waals surface area contributed by atoms with Crippen LogP contribution in [0.25, 0.3) is 0 Å². The number of aryl methyl sites for hydroxylation is 1. The maximum absolute atomic E-state index is 8.51. The number of amidine groups is 1. The summed E-state index contributed by atoms with van der Waals surface area (Å²) in [5.74, 6) is 0.924. The molecule has 0 aliphatic carbocycles. The van der Waals surface area contributed by atoms with Crippen molar-refractivity contribution in [1.29, 1.82) is 0 Å². The van der Waals surface area contributed by atoms with Crippen molar-refractivity contribution in [3.05, 3.63) is 29.3 Å². The Kier molecular flexibility index (Phi) is 4.17. The lowest BCUT2D eigenvalue weighted by atomic mass is 10.1. The van der Waals surface area contributed by atoms with Gasteiger partial charge in [-0.1, -0.05) is 24.2 Å². The number of nitrogens with zero attached hydrogens (tertiary/aromatic N) is 1. The van der Waals surface area contributed by atoms with Crippen LogP contribution in [0.3, 0.4) is 0 Å². The number of oxime groups is 1. The van der Waals surface area contributed by atoms with E-state index in [1.165, 1.54) is 5.56 Å². The molecule has 0 spiro atoms. The van der Waals surface area contributed by atoms with Crippen LogP contribution in [0.15, 0.2) is 23.4 Å². The van der Waals surface area contributed by atoms with E-state index >= 15 is 0 Å². The first-order chi connectivity index (χ1) is 7.56. The Balaban J connectivity index is 2.65. The summed E-state index contributed by atoms with van der Waals surface area (Å²) in [5.41, 5.74) is 7.78. The molecule has 0 saturated heterocycles.